The molecule has 0 saturated carbocycles. The number of nitrogens with two attached hydrogens (primary N) is 1. The van der Waals surface area contributed by atoms with E-state index in [0.717, 1.165) is 0 Å². The van der Waals surface area contributed by atoms with E-state index in [1.165, 1.54) is 0 Å². The van der Waals surface area contributed by atoms with E-state index in [-0.39, 0.29) is 11.6 Å². The van der Waals surface area contributed by atoms with Crippen LogP contribution in [0.5, 0.6) is 5.75 Å². The molecule has 0 amide bonds. The highest BCUT2D eigenvalue weighted by atomic mass is 16.3. The third-order valence-corrected chi connectivity index (χ3v) is 2.87. The molecule has 5 heteroatoms. The maximum absolute atomic E-state index is 9.89. The average molecular weight is 304 g/mol. The van der Waals surface area contributed by atoms with Gasteiger partial charge in [-0.15, -0.1) is 10.2 Å². The van der Waals surface area contributed by atoms with E-state index in [1.807, 2.05) is 6.92 Å². The van der Waals surface area contributed by atoms with Crippen LogP contribution in [0.25, 0.3) is 11.3 Å². The summed E-state index contributed by atoms with van der Waals surface area (Å²) in [5.41, 5.74) is 7.98. The Morgan fingerprint density at radius 3 is 2.87 bits per heavy atom. The molecule has 0 spiro atoms. The van der Waals surface area contributed by atoms with Crippen LogP contribution in [0.3, 0.4) is 0 Å². The van der Waals surface area contributed by atoms with Crippen molar-refractivity contribution in [1.82, 2.24) is 10.2 Å². The van der Waals surface area contributed by atoms with Crippen LogP contribution in [0, 0.1) is 11.8 Å². The molecule has 2 aromatic rings. The number of hydrogen-bond acceptors (Lipinski definition) is 5. The van der Waals surface area contributed by atoms with Crippen LogP contribution in [-0.2, 0) is 0 Å². The van der Waals surface area contributed by atoms with Gasteiger partial charge in [-0.25, -0.2) is 0 Å². The molecule has 0 radical (unpaired) electrons. The molecule has 1 aromatic heterocycles. The predicted molar refractivity (Wildman–Crippen MR) is 92.9 cm³/mol. The first-order chi connectivity index (χ1) is 11.1. The molecule has 1 heterocycles. The van der Waals surface area contributed by atoms with Crippen molar-refractivity contribution >= 4 is 12.0 Å². The molecule has 0 aliphatic rings. The topological polar surface area (TPSA) is 84.4 Å². The molecular weight excluding hydrogens is 288 g/mol. The number of hydrogen-bond donors (Lipinski definition) is 2. The van der Waals surface area contributed by atoms with Crippen LogP contribution in [0.2, 0.25) is 0 Å². The Hall–Kier alpha value is -3.39. The number of nitrogen functional groups attached to an aromatic ring is 1. The van der Waals surface area contributed by atoms with Gasteiger partial charge in [0, 0.05) is 23.6 Å². The maximum Gasteiger partial charge on any atom is 0.161 e. The van der Waals surface area contributed by atoms with Crippen molar-refractivity contribution in [2.45, 2.75) is 6.92 Å². The van der Waals surface area contributed by atoms with Crippen molar-refractivity contribution in [2.24, 2.45) is 4.99 Å². The Morgan fingerprint density at radius 1 is 1.35 bits per heavy atom. The second-order valence-corrected chi connectivity index (χ2v) is 4.54. The minimum absolute atomic E-state index is 0.121. The summed E-state index contributed by atoms with van der Waals surface area (Å²) in [6.45, 7) is 5.64. The second kappa shape index (κ2) is 7.57. The number of aromatic hydroxyl groups is 1. The third kappa shape index (κ3) is 4.29. The van der Waals surface area contributed by atoms with E-state index < -0.39 is 0 Å². The molecule has 0 aliphatic carbocycles. The summed E-state index contributed by atoms with van der Waals surface area (Å²) >= 11 is 0. The van der Waals surface area contributed by atoms with Crippen molar-refractivity contribution in [1.29, 1.82) is 0 Å². The lowest BCUT2D eigenvalue weighted by Crippen LogP contribution is -1.99. The van der Waals surface area contributed by atoms with Gasteiger partial charge in [0.15, 0.2) is 5.82 Å². The highest BCUT2D eigenvalue weighted by molar-refractivity contribution is 5.69. The van der Waals surface area contributed by atoms with Gasteiger partial charge in [-0.2, -0.15) is 0 Å². The number of para-hydroxylation sites is 1. The average Bonchev–Trinajstić information content (AvgIpc) is 2.55. The monoisotopic (exact) mass is 304 g/mol. The molecular formula is C18H16N4O. The molecule has 0 fully saturated rings. The number of rotatable bonds is 3. The van der Waals surface area contributed by atoms with Crippen molar-refractivity contribution < 1.29 is 5.11 Å². The highest BCUT2D eigenvalue weighted by Gasteiger charge is 2.08. The fraction of sp³-hybridized carbons (Fsp3) is 0.0556. The summed E-state index contributed by atoms with van der Waals surface area (Å²) < 4.78 is 0. The van der Waals surface area contributed by atoms with Crippen molar-refractivity contribution in [3.63, 3.8) is 0 Å². The van der Waals surface area contributed by atoms with Gasteiger partial charge in [-0.05, 0) is 31.2 Å². The zero-order valence-electron chi connectivity index (χ0n) is 12.7. The van der Waals surface area contributed by atoms with Crippen LogP contribution < -0.4 is 5.73 Å². The zero-order chi connectivity index (χ0) is 16.7. The third-order valence-electron chi connectivity index (χ3n) is 2.87. The van der Waals surface area contributed by atoms with Crippen LogP contribution in [0.1, 0.15) is 12.5 Å². The van der Waals surface area contributed by atoms with Gasteiger partial charge in [-0.1, -0.05) is 30.6 Å². The van der Waals surface area contributed by atoms with Crippen LogP contribution in [0.15, 0.2) is 59.8 Å². The zero-order valence-corrected chi connectivity index (χ0v) is 12.7. The summed E-state index contributed by atoms with van der Waals surface area (Å²) in [7, 11) is 0. The quantitative estimate of drug-likeness (QED) is 0.519. The Balaban J connectivity index is 2.33. The number of nitrogens with zero attached hydrogens (tertiary/aromatic N) is 3. The van der Waals surface area contributed by atoms with Crippen LogP contribution in [0.4, 0.5) is 5.82 Å². The fourth-order valence-corrected chi connectivity index (χ4v) is 1.73. The Labute approximate surface area is 134 Å². The fourth-order valence-electron chi connectivity index (χ4n) is 1.73. The number of anilines is 1. The number of benzene rings is 1. The van der Waals surface area contributed by atoms with Gasteiger partial charge in [-0.3, -0.25) is 4.99 Å². The summed E-state index contributed by atoms with van der Waals surface area (Å²) in [5.74, 6) is 6.13. The molecule has 0 bridgehead atoms. The minimum atomic E-state index is 0.121. The lowest BCUT2D eigenvalue weighted by Gasteiger charge is -2.04. The molecule has 0 atom stereocenters. The first-order valence-corrected chi connectivity index (χ1v) is 6.88. The van der Waals surface area contributed by atoms with Crippen LogP contribution in [-0.4, -0.2) is 21.5 Å². The van der Waals surface area contributed by atoms with Gasteiger partial charge < -0.3 is 10.8 Å². The van der Waals surface area contributed by atoms with Crippen molar-refractivity contribution in [2.75, 3.05) is 5.73 Å². The number of allylic oxidation sites excluding steroid dienone is 2. The smallest absolute Gasteiger partial charge is 0.161 e. The van der Waals surface area contributed by atoms with E-state index in [9.17, 15) is 5.11 Å². The minimum Gasteiger partial charge on any atom is -0.507 e. The molecule has 2 rings (SSSR count). The molecule has 23 heavy (non-hydrogen) atoms. The van der Waals surface area contributed by atoms with E-state index in [2.05, 4.69) is 33.6 Å². The van der Waals surface area contributed by atoms with E-state index >= 15 is 0 Å². The Kier molecular flexibility index (Phi) is 5.26. The molecule has 0 unspecified atom stereocenters. The van der Waals surface area contributed by atoms with Gasteiger partial charge in [0.1, 0.15) is 5.75 Å². The van der Waals surface area contributed by atoms with Crippen molar-refractivity contribution in [3.05, 3.63) is 60.3 Å². The summed E-state index contributed by atoms with van der Waals surface area (Å²) in [5, 5.41) is 17.8. The summed E-state index contributed by atoms with van der Waals surface area (Å²) in [6.07, 6.45) is 4.97. The number of phenols is 1. The first-order valence-electron chi connectivity index (χ1n) is 6.88. The van der Waals surface area contributed by atoms with E-state index in [4.69, 9.17) is 5.73 Å². The highest BCUT2D eigenvalue weighted by Crippen LogP contribution is 2.27. The number of aliphatic imine (C=N–C) groups is 1. The van der Waals surface area contributed by atoms with Crippen molar-refractivity contribution in [3.8, 4) is 28.8 Å². The largest absolute Gasteiger partial charge is 0.507 e. The van der Waals surface area contributed by atoms with Gasteiger partial charge in [0.2, 0.25) is 0 Å². The molecule has 0 aliphatic heterocycles. The SMILES string of the molecule is C=C(C#Cc1cc(-c2ccccc2O)nnc1N)/C=C\N=CC. The Morgan fingerprint density at radius 2 is 2.13 bits per heavy atom. The molecule has 3 N–H and O–H groups in total. The number of phenolic OH excluding ortho intramolecular Hbond substituents is 1. The van der Waals surface area contributed by atoms with Gasteiger partial charge in [0.25, 0.3) is 0 Å². The van der Waals surface area contributed by atoms with E-state index in [0.29, 0.717) is 22.4 Å². The normalized spacial score (nSPS) is 10.7. The number of aromatic nitrogens is 2. The second-order valence-electron chi connectivity index (χ2n) is 4.54. The molecule has 5 nitrogen and oxygen atoms in total. The Bertz CT molecular complexity index is 842. The lowest BCUT2D eigenvalue weighted by molar-refractivity contribution is 0.477. The van der Waals surface area contributed by atoms with Gasteiger partial charge >= 0.3 is 0 Å². The molecule has 1 aromatic carbocycles. The predicted octanol–water partition coefficient (Wildman–Crippen LogP) is 2.94. The summed E-state index contributed by atoms with van der Waals surface area (Å²) in [4.78, 5) is 3.94. The lowest BCUT2D eigenvalue weighted by atomic mass is 10.1. The van der Waals surface area contributed by atoms with Crippen LogP contribution >= 0.6 is 0 Å². The summed E-state index contributed by atoms with van der Waals surface area (Å²) in [6, 6.07) is 8.56. The maximum atomic E-state index is 9.89. The van der Waals surface area contributed by atoms with E-state index in [1.54, 1.807) is 48.8 Å². The van der Waals surface area contributed by atoms with Gasteiger partial charge in [0.05, 0.1) is 11.3 Å². The molecule has 114 valence electrons. The molecule has 0 saturated heterocycles. The standard InChI is InChI=1S/C18H16N4O/c1-3-20-11-10-13(2)8-9-14-12-16(21-22-18(14)19)15-6-4-5-7-17(15)23/h3-7,10-12,23H,2H2,1H3,(H2,19,22)/b11-10-,20-3?. The first kappa shape index (κ1) is 16.0.